The number of hydrogen-bond acceptors (Lipinski definition) is 3. The highest BCUT2D eigenvalue weighted by Crippen LogP contribution is 2.37. The van der Waals surface area contributed by atoms with Crippen LogP contribution in [0.15, 0.2) is 23.1 Å². The van der Waals surface area contributed by atoms with Crippen molar-refractivity contribution in [2.75, 3.05) is 5.32 Å². The fourth-order valence-corrected chi connectivity index (χ4v) is 2.59. The van der Waals surface area contributed by atoms with Crippen LogP contribution in [0.5, 0.6) is 0 Å². The summed E-state index contributed by atoms with van der Waals surface area (Å²) in [7, 11) is 0. The summed E-state index contributed by atoms with van der Waals surface area (Å²) in [6.45, 7) is 1.82. The number of nitrogens with one attached hydrogen (secondary N) is 1. The first-order chi connectivity index (χ1) is 7.99. The highest BCUT2D eigenvalue weighted by Gasteiger charge is 2.25. The number of benzene rings is 1. The molecule has 4 nitrogen and oxygen atoms in total. The smallest absolute Gasteiger partial charge is 0.326 e. The van der Waals surface area contributed by atoms with E-state index in [1.807, 2.05) is 6.92 Å². The normalized spacial score (nSPS) is 20.4. The average Bonchev–Trinajstić information content (AvgIpc) is 2.29. The third-order valence-corrected chi connectivity index (χ3v) is 4.06. The van der Waals surface area contributed by atoms with E-state index < -0.39 is 11.3 Å². The van der Waals surface area contributed by atoms with E-state index in [0.29, 0.717) is 11.3 Å². The summed E-state index contributed by atoms with van der Waals surface area (Å²) in [5.74, 6) is -1.18. The summed E-state index contributed by atoms with van der Waals surface area (Å²) >= 11 is 7.18. The Bertz CT molecular complexity index is 492. The lowest BCUT2D eigenvalue weighted by Crippen LogP contribution is -2.26. The van der Waals surface area contributed by atoms with Crippen LogP contribution < -0.4 is 5.32 Å². The quantitative estimate of drug-likeness (QED) is 0.811. The predicted octanol–water partition coefficient (Wildman–Crippen LogP) is 2.48. The number of thioether (sulfide) groups is 1. The minimum atomic E-state index is -1.10. The summed E-state index contributed by atoms with van der Waals surface area (Å²) in [5, 5.41) is 10.3. The molecule has 1 aromatic rings. The second kappa shape index (κ2) is 4.58. The third kappa shape index (κ3) is 2.40. The molecule has 17 heavy (non-hydrogen) atoms. The lowest BCUT2D eigenvalue weighted by atomic mass is 10.1. The summed E-state index contributed by atoms with van der Waals surface area (Å²) in [4.78, 5) is 23.2. The summed E-state index contributed by atoms with van der Waals surface area (Å²) in [6, 6.07) is 5.06. The molecule has 0 aromatic heterocycles. The number of carbonyl (C=O) groups excluding carboxylic acids is 1. The van der Waals surface area contributed by atoms with E-state index in [1.165, 1.54) is 11.8 Å². The Labute approximate surface area is 107 Å². The standard InChI is InChI=1S/C11H10ClNO3S/c1-5-10(14)13-7-4-6(9(12)11(15)16)2-3-8(7)17-5/h2-5,9H,1H3,(H,13,14)(H,15,16). The van der Waals surface area contributed by atoms with Gasteiger partial charge in [-0.1, -0.05) is 6.07 Å². The number of alkyl halides is 1. The number of halogens is 1. The number of aliphatic carboxylic acids is 1. The lowest BCUT2D eigenvalue weighted by molar-refractivity contribution is -0.136. The van der Waals surface area contributed by atoms with Gasteiger partial charge in [0, 0.05) is 4.90 Å². The van der Waals surface area contributed by atoms with Gasteiger partial charge in [-0.3, -0.25) is 9.59 Å². The number of carboxylic acids is 1. The van der Waals surface area contributed by atoms with E-state index in [-0.39, 0.29) is 11.2 Å². The SMILES string of the molecule is CC1Sc2ccc(C(Cl)C(=O)O)cc2NC1=O. The van der Waals surface area contributed by atoms with Crippen molar-refractivity contribution in [3.05, 3.63) is 23.8 Å². The largest absolute Gasteiger partial charge is 0.480 e. The molecule has 6 heteroatoms. The van der Waals surface area contributed by atoms with Crippen LogP contribution in [-0.4, -0.2) is 22.2 Å². The molecule has 2 unspecified atom stereocenters. The summed E-state index contributed by atoms with van der Waals surface area (Å²) < 4.78 is 0. The van der Waals surface area contributed by atoms with Crippen molar-refractivity contribution in [3.8, 4) is 0 Å². The summed E-state index contributed by atoms with van der Waals surface area (Å²) in [6.07, 6.45) is 0. The zero-order valence-electron chi connectivity index (χ0n) is 8.94. The maximum absolute atomic E-state index is 11.5. The van der Waals surface area contributed by atoms with Crippen molar-refractivity contribution < 1.29 is 14.7 Å². The Balaban J connectivity index is 2.35. The van der Waals surface area contributed by atoms with Gasteiger partial charge in [-0.2, -0.15) is 0 Å². The fraction of sp³-hybridized carbons (Fsp3) is 0.273. The Kier molecular flexibility index (Phi) is 3.31. The maximum Gasteiger partial charge on any atom is 0.326 e. The summed E-state index contributed by atoms with van der Waals surface area (Å²) in [5.41, 5.74) is 1.09. The van der Waals surface area contributed by atoms with Crippen LogP contribution in [0.1, 0.15) is 17.9 Å². The van der Waals surface area contributed by atoms with E-state index in [0.717, 1.165) is 4.90 Å². The van der Waals surface area contributed by atoms with Gasteiger partial charge >= 0.3 is 5.97 Å². The van der Waals surface area contributed by atoms with Gasteiger partial charge in [-0.25, -0.2) is 0 Å². The molecule has 0 saturated heterocycles. The molecule has 2 atom stereocenters. The monoisotopic (exact) mass is 271 g/mol. The Morgan fingerprint density at radius 3 is 2.94 bits per heavy atom. The molecule has 90 valence electrons. The molecular weight excluding hydrogens is 262 g/mol. The number of fused-ring (bicyclic) bond motifs is 1. The second-order valence-electron chi connectivity index (χ2n) is 3.71. The van der Waals surface area contributed by atoms with E-state index in [1.54, 1.807) is 18.2 Å². The van der Waals surface area contributed by atoms with E-state index in [9.17, 15) is 9.59 Å². The van der Waals surface area contributed by atoms with Crippen molar-refractivity contribution in [3.63, 3.8) is 0 Å². The number of hydrogen-bond donors (Lipinski definition) is 2. The molecule has 2 rings (SSSR count). The van der Waals surface area contributed by atoms with Gasteiger partial charge in [0.15, 0.2) is 5.38 Å². The molecule has 0 saturated carbocycles. The zero-order valence-corrected chi connectivity index (χ0v) is 10.5. The minimum Gasteiger partial charge on any atom is -0.480 e. The van der Waals surface area contributed by atoms with E-state index >= 15 is 0 Å². The van der Waals surface area contributed by atoms with Crippen LogP contribution in [0.3, 0.4) is 0 Å². The molecule has 1 aliphatic heterocycles. The van der Waals surface area contributed by atoms with Crippen molar-refractivity contribution in [2.45, 2.75) is 22.4 Å². The predicted molar refractivity (Wildman–Crippen MR) is 66.6 cm³/mol. The van der Waals surface area contributed by atoms with Gasteiger partial charge in [0.1, 0.15) is 0 Å². The number of carbonyl (C=O) groups is 2. The van der Waals surface area contributed by atoms with E-state index in [2.05, 4.69) is 5.32 Å². The molecule has 0 fully saturated rings. The molecule has 1 amide bonds. The first-order valence-corrected chi connectivity index (χ1v) is 6.29. The second-order valence-corrected chi connectivity index (χ2v) is 5.52. The first kappa shape index (κ1) is 12.3. The van der Waals surface area contributed by atoms with Crippen molar-refractivity contribution in [1.82, 2.24) is 0 Å². The van der Waals surface area contributed by atoms with Gasteiger partial charge in [-0.05, 0) is 24.6 Å². The molecule has 0 spiro atoms. The van der Waals surface area contributed by atoms with Crippen LogP contribution in [0.4, 0.5) is 5.69 Å². The third-order valence-electron chi connectivity index (χ3n) is 2.44. The van der Waals surface area contributed by atoms with E-state index in [4.69, 9.17) is 16.7 Å². The first-order valence-electron chi connectivity index (χ1n) is 4.97. The topological polar surface area (TPSA) is 66.4 Å². The molecule has 1 heterocycles. The van der Waals surface area contributed by atoms with Crippen LogP contribution in [-0.2, 0) is 9.59 Å². The Hall–Kier alpha value is -1.20. The number of carboxylic acid groups (broad SMARTS) is 1. The highest BCUT2D eigenvalue weighted by molar-refractivity contribution is 8.00. The molecule has 2 N–H and O–H groups in total. The van der Waals surface area contributed by atoms with Crippen LogP contribution in [0, 0.1) is 0 Å². The Morgan fingerprint density at radius 2 is 2.29 bits per heavy atom. The molecule has 1 aromatic carbocycles. The number of rotatable bonds is 2. The van der Waals surface area contributed by atoms with Gasteiger partial charge in [0.2, 0.25) is 5.91 Å². The van der Waals surface area contributed by atoms with Gasteiger partial charge in [0.25, 0.3) is 0 Å². The van der Waals surface area contributed by atoms with Gasteiger partial charge in [0.05, 0.1) is 10.9 Å². The number of amides is 1. The van der Waals surface area contributed by atoms with Crippen LogP contribution in [0.2, 0.25) is 0 Å². The lowest BCUT2D eigenvalue weighted by Gasteiger charge is -2.22. The van der Waals surface area contributed by atoms with Crippen molar-refractivity contribution in [1.29, 1.82) is 0 Å². The maximum atomic E-state index is 11.5. The Morgan fingerprint density at radius 1 is 1.59 bits per heavy atom. The molecule has 0 aliphatic carbocycles. The zero-order chi connectivity index (χ0) is 12.6. The van der Waals surface area contributed by atoms with Gasteiger partial charge in [-0.15, -0.1) is 23.4 Å². The molecular formula is C11H10ClNO3S. The minimum absolute atomic E-state index is 0.0823. The fourth-order valence-electron chi connectivity index (χ4n) is 1.53. The highest BCUT2D eigenvalue weighted by atomic mass is 35.5. The average molecular weight is 272 g/mol. The molecule has 1 aliphatic rings. The van der Waals surface area contributed by atoms with Crippen LogP contribution in [0.25, 0.3) is 0 Å². The van der Waals surface area contributed by atoms with Crippen molar-refractivity contribution >= 4 is 40.9 Å². The van der Waals surface area contributed by atoms with Gasteiger partial charge < -0.3 is 10.4 Å². The molecule has 0 bridgehead atoms. The van der Waals surface area contributed by atoms with Crippen LogP contribution >= 0.6 is 23.4 Å². The van der Waals surface area contributed by atoms with Crippen molar-refractivity contribution in [2.24, 2.45) is 0 Å². The molecule has 0 radical (unpaired) electrons. The number of anilines is 1.